The Labute approximate surface area is 220 Å². The van der Waals surface area contributed by atoms with E-state index in [0.29, 0.717) is 29.0 Å². The molecule has 1 saturated heterocycles. The molecule has 2 N–H and O–H groups in total. The zero-order chi connectivity index (χ0) is 24.0. The summed E-state index contributed by atoms with van der Waals surface area (Å²) in [6, 6.07) is 1.43. The Bertz CT molecular complexity index is 1090. The van der Waals surface area contributed by atoms with Crippen LogP contribution in [0.1, 0.15) is 31.2 Å². The van der Waals surface area contributed by atoms with Gasteiger partial charge >= 0.3 is 6.03 Å². The van der Waals surface area contributed by atoms with E-state index in [9.17, 15) is 4.79 Å². The van der Waals surface area contributed by atoms with Gasteiger partial charge in [0.2, 0.25) is 5.95 Å². The highest BCUT2D eigenvalue weighted by atomic mass is 35.5. The van der Waals surface area contributed by atoms with Gasteiger partial charge in [0, 0.05) is 30.9 Å². The molecule has 2 fully saturated rings. The molecule has 2 aromatic rings. The predicted octanol–water partition coefficient (Wildman–Crippen LogP) is 4.74. The van der Waals surface area contributed by atoms with Gasteiger partial charge in [0.05, 0.1) is 26.5 Å². The number of hydrogen-bond acceptors (Lipinski definition) is 7. The third kappa shape index (κ3) is 4.33. The Balaban J connectivity index is 0.00000289. The zero-order valence-corrected chi connectivity index (χ0v) is 22.2. The molecule has 9 nitrogen and oxygen atoms in total. The first-order chi connectivity index (χ1) is 16.4. The number of rotatable bonds is 5. The number of hydrogen-bond donors (Lipinski definition) is 2. The topological polar surface area (TPSA) is 91.9 Å². The summed E-state index contributed by atoms with van der Waals surface area (Å²) in [6.45, 7) is 2.26. The summed E-state index contributed by atoms with van der Waals surface area (Å²) in [5.41, 5.74) is 1.46. The molecule has 0 bridgehead atoms. The van der Waals surface area contributed by atoms with Crippen LogP contribution in [0.15, 0.2) is 12.3 Å². The van der Waals surface area contributed by atoms with Crippen molar-refractivity contribution < 1.29 is 14.3 Å². The summed E-state index contributed by atoms with van der Waals surface area (Å²) in [5, 5.41) is 6.91. The van der Waals surface area contributed by atoms with Crippen molar-refractivity contribution in [2.45, 2.75) is 38.3 Å². The number of piperidine rings is 1. The second-order valence-electron chi connectivity index (χ2n) is 9.10. The van der Waals surface area contributed by atoms with Crippen LogP contribution in [0.5, 0.6) is 11.5 Å². The van der Waals surface area contributed by atoms with Crippen molar-refractivity contribution in [2.75, 3.05) is 49.5 Å². The second kappa shape index (κ2) is 10.0. The summed E-state index contributed by atoms with van der Waals surface area (Å²) in [5.74, 6) is 1.86. The highest BCUT2D eigenvalue weighted by Gasteiger charge is 2.51. The highest BCUT2D eigenvalue weighted by molar-refractivity contribution is 6.42. The normalized spacial score (nSPS) is 19.1. The fourth-order valence-electron chi connectivity index (χ4n) is 5.40. The quantitative estimate of drug-likeness (QED) is 0.563. The molecule has 3 heterocycles. The van der Waals surface area contributed by atoms with Crippen LogP contribution < -0.4 is 29.9 Å². The van der Waals surface area contributed by atoms with Gasteiger partial charge in [0.25, 0.3) is 0 Å². The molecule has 3 aliphatic rings. The van der Waals surface area contributed by atoms with Gasteiger partial charge in [0.15, 0.2) is 0 Å². The summed E-state index contributed by atoms with van der Waals surface area (Å²) in [6.07, 6.45) is 5.88. The molecule has 0 radical (unpaired) electrons. The van der Waals surface area contributed by atoms with Gasteiger partial charge in [0.1, 0.15) is 27.4 Å². The third-order valence-corrected chi connectivity index (χ3v) is 7.98. The molecule has 1 aromatic carbocycles. The maximum absolute atomic E-state index is 14.1. The lowest BCUT2D eigenvalue weighted by molar-refractivity contribution is 0.0614. The number of amides is 2. The number of benzene rings is 1. The van der Waals surface area contributed by atoms with E-state index in [1.54, 1.807) is 29.1 Å². The second-order valence-corrected chi connectivity index (χ2v) is 9.86. The van der Waals surface area contributed by atoms with E-state index in [-0.39, 0.29) is 46.5 Å². The molecule has 35 heavy (non-hydrogen) atoms. The van der Waals surface area contributed by atoms with E-state index in [0.717, 1.165) is 44.3 Å². The number of halogens is 3. The first-order valence-corrected chi connectivity index (χ1v) is 12.1. The molecule has 0 unspecified atom stereocenters. The number of anilines is 3. The Hall–Kier alpha value is -2.20. The number of methoxy groups -OCH3 is 2. The summed E-state index contributed by atoms with van der Waals surface area (Å²) in [7, 11) is 4.79. The molecular weight excluding hydrogens is 515 g/mol. The first kappa shape index (κ1) is 25.9. The predicted molar refractivity (Wildman–Crippen MR) is 140 cm³/mol. The van der Waals surface area contributed by atoms with Crippen molar-refractivity contribution in [3.05, 3.63) is 27.9 Å². The lowest BCUT2D eigenvalue weighted by Gasteiger charge is -2.54. The Kier molecular flexibility index (Phi) is 7.43. The minimum absolute atomic E-state index is 0. The number of carbonyl (C=O) groups is 1. The largest absolute Gasteiger partial charge is 0.495 e. The molecule has 1 spiro atoms. The van der Waals surface area contributed by atoms with Crippen LogP contribution in [0, 0.1) is 5.41 Å². The number of nitrogens with one attached hydrogen (secondary N) is 2. The fourth-order valence-corrected chi connectivity index (χ4v) is 6.10. The van der Waals surface area contributed by atoms with E-state index in [4.69, 9.17) is 32.7 Å². The van der Waals surface area contributed by atoms with E-state index in [2.05, 4.69) is 20.6 Å². The minimum atomic E-state index is -0.221. The molecule has 1 aromatic heterocycles. The molecule has 5 rings (SSSR count). The fraction of sp³-hybridized carbons (Fsp3) is 0.522. The van der Waals surface area contributed by atoms with Gasteiger partial charge in [-0.05, 0) is 44.2 Å². The van der Waals surface area contributed by atoms with E-state index < -0.39 is 0 Å². The average molecular weight is 544 g/mol. The van der Waals surface area contributed by atoms with Gasteiger partial charge in [-0.25, -0.2) is 9.78 Å². The van der Waals surface area contributed by atoms with Gasteiger partial charge in [-0.3, -0.25) is 9.80 Å². The number of nitrogens with zero attached hydrogens (tertiary/aromatic N) is 4. The van der Waals surface area contributed by atoms with Gasteiger partial charge in [-0.15, -0.1) is 12.4 Å². The van der Waals surface area contributed by atoms with Crippen LogP contribution in [0.3, 0.4) is 0 Å². The first-order valence-electron chi connectivity index (χ1n) is 11.4. The molecule has 190 valence electrons. The monoisotopic (exact) mass is 542 g/mol. The Morgan fingerprint density at radius 1 is 1.14 bits per heavy atom. The number of carbonyl (C=O) groups excluding carboxylic acids is 1. The summed E-state index contributed by atoms with van der Waals surface area (Å²) >= 11 is 13.4. The number of ether oxygens (including phenoxy) is 2. The minimum Gasteiger partial charge on any atom is -0.495 e. The van der Waals surface area contributed by atoms with Crippen molar-refractivity contribution in [1.82, 2.24) is 15.3 Å². The number of aromatic nitrogens is 2. The number of fused-ring (bicyclic) bond motifs is 1. The Morgan fingerprint density at radius 2 is 1.77 bits per heavy atom. The SMILES string of the molecule is CNc1ncc2c(n1)N(C1CC3(CCNCC3)C1)C(=O)N(c1c(Cl)c(OC)cc(OC)c1Cl)C2.Cl. The van der Waals surface area contributed by atoms with Gasteiger partial charge in [-0.2, -0.15) is 4.98 Å². The standard InChI is InChI=1S/C23H28Cl2N6O3.ClH/c1-26-21-28-11-13-12-30(19-17(24)15(33-2)8-16(34-3)18(19)25)22(32)31(20(13)29-21)14-9-23(10-14)4-6-27-7-5-23;/h8,11,14,27H,4-7,9-10,12H2,1-3H3,(H,26,28,29);1H. The maximum Gasteiger partial charge on any atom is 0.330 e. The third-order valence-electron chi connectivity index (χ3n) is 7.25. The smallest absolute Gasteiger partial charge is 0.330 e. The zero-order valence-electron chi connectivity index (χ0n) is 19.9. The van der Waals surface area contributed by atoms with Crippen LogP contribution in [0.2, 0.25) is 10.0 Å². The van der Waals surface area contributed by atoms with E-state index >= 15 is 0 Å². The number of urea groups is 1. The van der Waals surface area contributed by atoms with Crippen LogP contribution in [0.25, 0.3) is 0 Å². The van der Waals surface area contributed by atoms with Gasteiger partial charge < -0.3 is 20.1 Å². The lowest BCUT2D eigenvalue weighted by Crippen LogP contribution is -2.60. The average Bonchev–Trinajstić information content (AvgIpc) is 2.83. The molecule has 2 amide bonds. The van der Waals surface area contributed by atoms with Crippen LogP contribution in [-0.4, -0.2) is 56.4 Å². The van der Waals surface area contributed by atoms with E-state index in [1.807, 2.05) is 0 Å². The Morgan fingerprint density at radius 3 is 2.34 bits per heavy atom. The van der Waals surface area contributed by atoms with Crippen molar-refractivity contribution in [3.63, 3.8) is 0 Å². The van der Waals surface area contributed by atoms with Crippen molar-refractivity contribution >= 4 is 59.1 Å². The summed E-state index contributed by atoms with van der Waals surface area (Å²) in [4.78, 5) is 26.5. The molecule has 0 atom stereocenters. The highest BCUT2D eigenvalue weighted by Crippen LogP contribution is 2.53. The van der Waals surface area contributed by atoms with Crippen molar-refractivity contribution in [1.29, 1.82) is 0 Å². The van der Waals surface area contributed by atoms with Crippen LogP contribution in [-0.2, 0) is 6.54 Å². The van der Waals surface area contributed by atoms with Crippen molar-refractivity contribution in [3.8, 4) is 11.5 Å². The maximum atomic E-state index is 14.1. The van der Waals surface area contributed by atoms with Crippen LogP contribution in [0.4, 0.5) is 22.2 Å². The van der Waals surface area contributed by atoms with Crippen LogP contribution >= 0.6 is 35.6 Å². The molecule has 1 aliphatic carbocycles. The molecule has 1 saturated carbocycles. The molecule has 12 heteroatoms. The van der Waals surface area contributed by atoms with Gasteiger partial charge in [-0.1, -0.05) is 23.2 Å². The molecule has 2 aliphatic heterocycles. The summed E-state index contributed by atoms with van der Waals surface area (Å²) < 4.78 is 10.9. The van der Waals surface area contributed by atoms with E-state index in [1.165, 1.54) is 14.2 Å². The molecular formula is C23H29Cl3N6O3. The lowest BCUT2D eigenvalue weighted by atomic mass is 9.60. The van der Waals surface area contributed by atoms with Crippen molar-refractivity contribution in [2.24, 2.45) is 5.41 Å².